The third kappa shape index (κ3) is 3.77. The number of pyridine rings is 1. The second-order valence-electron chi connectivity index (χ2n) is 6.25. The average molecular weight is 440 g/mol. The fraction of sp³-hybridized carbons (Fsp3) is 0.190. The van der Waals surface area contributed by atoms with Gasteiger partial charge in [0.25, 0.3) is 0 Å². The average Bonchev–Trinajstić information content (AvgIpc) is 3.05. The first-order valence-corrected chi connectivity index (χ1v) is 10.6. The number of aromatic nitrogens is 3. The molecule has 0 spiro atoms. The number of carbonyl (C=O) groups is 1. The molecule has 0 saturated carbocycles. The van der Waals surface area contributed by atoms with Crippen LogP contribution in [0.5, 0.6) is 0 Å². The number of nitrogens with zero attached hydrogens (tertiary/aromatic N) is 3. The highest BCUT2D eigenvalue weighted by Crippen LogP contribution is 2.30. The number of halogens is 1. The van der Waals surface area contributed by atoms with Crippen LogP contribution in [0.4, 0.5) is 0 Å². The number of hydrogen-bond donors (Lipinski definition) is 0. The summed E-state index contributed by atoms with van der Waals surface area (Å²) in [6, 6.07) is 14.7. The number of thioether (sulfide) groups is 1. The van der Waals surface area contributed by atoms with Crippen LogP contribution in [0.1, 0.15) is 18.4 Å². The molecule has 27 heavy (non-hydrogen) atoms. The number of imidazole rings is 1. The SMILES string of the molecule is O=CCCCSc1nc2cnccc2n1Cc1ccc(Br)c2ccccc12. The Morgan fingerprint density at radius 1 is 1.11 bits per heavy atom. The highest BCUT2D eigenvalue weighted by Gasteiger charge is 2.13. The van der Waals surface area contributed by atoms with Gasteiger partial charge in [0, 0.05) is 22.8 Å². The van der Waals surface area contributed by atoms with E-state index in [1.807, 2.05) is 6.07 Å². The molecule has 0 unspecified atom stereocenters. The van der Waals surface area contributed by atoms with Crippen LogP contribution >= 0.6 is 27.7 Å². The summed E-state index contributed by atoms with van der Waals surface area (Å²) >= 11 is 5.35. The Bertz CT molecular complexity index is 1110. The Kier molecular flexibility index (Phi) is 5.55. The van der Waals surface area contributed by atoms with E-state index in [1.54, 1.807) is 24.2 Å². The molecule has 4 rings (SSSR count). The normalized spacial score (nSPS) is 11.3. The fourth-order valence-electron chi connectivity index (χ4n) is 3.19. The lowest BCUT2D eigenvalue weighted by Crippen LogP contribution is -2.03. The van der Waals surface area contributed by atoms with Crippen molar-refractivity contribution in [1.82, 2.24) is 14.5 Å². The van der Waals surface area contributed by atoms with Crippen molar-refractivity contribution in [3.63, 3.8) is 0 Å². The zero-order valence-electron chi connectivity index (χ0n) is 14.6. The molecule has 0 aliphatic carbocycles. The summed E-state index contributed by atoms with van der Waals surface area (Å²) in [4.78, 5) is 19.6. The third-order valence-corrected chi connectivity index (χ3v) is 6.26. The Hall–Kier alpha value is -2.18. The molecule has 0 bridgehead atoms. The van der Waals surface area contributed by atoms with Gasteiger partial charge in [0.1, 0.15) is 11.8 Å². The maximum Gasteiger partial charge on any atom is 0.169 e. The summed E-state index contributed by atoms with van der Waals surface area (Å²) < 4.78 is 3.35. The fourth-order valence-corrected chi connectivity index (χ4v) is 4.64. The van der Waals surface area contributed by atoms with Crippen molar-refractivity contribution >= 4 is 55.8 Å². The molecule has 4 nitrogen and oxygen atoms in total. The van der Waals surface area contributed by atoms with Crippen LogP contribution in [0.25, 0.3) is 21.8 Å². The molecule has 6 heteroatoms. The van der Waals surface area contributed by atoms with Gasteiger partial charge < -0.3 is 9.36 Å². The smallest absolute Gasteiger partial charge is 0.169 e. The molecule has 0 N–H and O–H groups in total. The minimum Gasteiger partial charge on any atom is -0.314 e. The first-order chi connectivity index (χ1) is 13.3. The monoisotopic (exact) mass is 439 g/mol. The van der Waals surface area contributed by atoms with Gasteiger partial charge in [0.05, 0.1) is 18.3 Å². The second kappa shape index (κ2) is 8.23. The van der Waals surface area contributed by atoms with Gasteiger partial charge in [-0.25, -0.2) is 4.98 Å². The van der Waals surface area contributed by atoms with Crippen molar-refractivity contribution in [2.75, 3.05) is 5.75 Å². The number of aldehydes is 1. The predicted molar refractivity (Wildman–Crippen MR) is 114 cm³/mol. The van der Waals surface area contributed by atoms with Crippen molar-refractivity contribution < 1.29 is 4.79 Å². The first-order valence-electron chi connectivity index (χ1n) is 8.81. The molecule has 0 saturated heterocycles. The summed E-state index contributed by atoms with van der Waals surface area (Å²) in [5.41, 5.74) is 3.23. The Morgan fingerprint density at radius 2 is 1.96 bits per heavy atom. The van der Waals surface area contributed by atoms with E-state index in [0.29, 0.717) is 6.42 Å². The van der Waals surface area contributed by atoms with Crippen molar-refractivity contribution in [3.05, 3.63) is 64.9 Å². The van der Waals surface area contributed by atoms with Crippen LogP contribution in [0, 0.1) is 0 Å². The van der Waals surface area contributed by atoms with E-state index in [4.69, 9.17) is 4.98 Å². The van der Waals surface area contributed by atoms with Crippen LogP contribution in [-0.2, 0) is 11.3 Å². The van der Waals surface area contributed by atoms with Crippen LogP contribution in [0.3, 0.4) is 0 Å². The standard InChI is InChI=1S/C21H18BrN3OS/c22-18-8-7-15(16-5-1-2-6-17(16)18)14-25-20-9-10-23-13-19(20)24-21(25)27-12-4-3-11-26/h1-2,5-11,13H,3-4,12,14H2. The molecule has 2 aromatic carbocycles. The topological polar surface area (TPSA) is 47.8 Å². The van der Waals surface area contributed by atoms with Crippen molar-refractivity contribution in [1.29, 1.82) is 0 Å². The van der Waals surface area contributed by atoms with E-state index >= 15 is 0 Å². The zero-order valence-corrected chi connectivity index (χ0v) is 17.0. The van der Waals surface area contributed by atoms with Crippen LogP contribution in [0.15, 0.2) is 64.5 Å². The summed E-state index contributed by atoms with van der Waals surface area (Å²) in [5, 5.41) is 3.41. The highest BCUT2D eigenvalue weighted by molar-refractivity contribution is 9.10. The van der Waals surface area contributed by atoms with Gasteiger partial charge in [0.2, 0.25) is 0 Å². The number of benzene rings is 2. The lowest BCUT2D eigenvalue weighted by molar-refractivity contribution is -0.107. The number of carbonyl (C=O) groups excluding carboxylic acids is 1. The Balaban J connectivity index is 1.75. The molecule has 0 amide bonds. The first kappa shape index (κ1) is 18.2. The van der Waals surface area contributed by atoms with Crippen molar-refractivity contribution in [2.24, 2.45) is 0 Å². The van der Waals surface area contributed by atoms with Gasteiger partial charge in [0.15, 0.2) is 5.16 Å². The van der Waals surface area contributed by atoms with E-state index in [1.165, 1.54) is 16.3 Å². The Labute approximate surface area is 170 Å². The van der Waals surface area contributed by atoms with Crippen LogP contribution in [-0.4, -0.2) is 26.6 Å². The van der Waals surface area contributed by atoms with E-state index < -0.39 is 0 Å². The molecular formula is C21H18BrN3OS. The molecule has 0 aliphatic heterocycles. The minimum atomic E-state index is 0.589. The maximum absolute atomic E-state index is 10.6. The number of hydrogen-bond acceptors (Lipinski definition) is 4. The van der Waals surface area contributed by atoms with Crippen LogP contribution in [0.2, 0.25) is 0 Å². The molecule has 4 aromatic rings. The van der Waals surface area contributed by atoms with Crippen molar-refractivity contribution in [3.8, 4) is 0 Å². The number of rotatable bonds is 7. The van der Waals surface area contributed by atoms with E-state index in [0.717, 1.165) is 45.7 Å². The number of unbranched alkanes of at least 4 members (excludes halogenated alkanes) is 1. The van der Waals surface area contributed by atoms with Gasteiger partial charge in [-0.15, -0.1) is 0 Å². The molecule has 0 atom stereocenters. The quantitative estimate of drug-likeness (QED) is 0.217. The highest BCUT2D eigenvalue weighted by atomic mass is 79.9. The molecule has 2 heterocycles. The lowest BCUT2D eigenvalue weighted by Gasteiger charge is -2.12. The van der Waals surface area contributed by atoms with Gasteiger partial charge in [-0.05, 0) is 34.9 Å². The van der Waals surface area contributed by atoms with Gasteiger partial charge in [-0.3, -0.25) is 4.98 Å². The van der Waals surface area contributed by atoms with Gasteiger partial charge in [-0.1, -0.05) is 58.0 Å². The van der Waals surface area contributed by atoms with Gasteiger partial charge >= 0.3 is 0 Å². The lowest BCUT2D eigenvalue weighted by atomic mass is 10.0. The summed E-state index contributed by atoms with van der Waals surface area (Å²) in [7, 11) is 0. The van der Waals surface area contributed by atoms with E-state index in [2.05, 4.69) is 61.9 Å². The molecular weight excluding hydrogens is 422 g/mol. The van der Waals surface area contributed by atoms with E-state index in [-0.39, 0.29) is 0 Å². The summed E-state index contributed by atoms with van der Waals surface area (Å²) in [6.45, 7) is 0.740. The largest absolute Gasteiger partial charge is 0.314 e. The van der Waals surface area contributed by atoms with Crippen LogP contribution < -0.4 is 0 Å². The molecule has 0 fully saturated rings. The third-order valence-electron chi connectivity index (χ3n) is 4.50. The van der Waals surface area contributed by atoms with Crippen molar-refractivity contribution in [2.45, 2.75) is 24.5 Å². The summed E-state index contributed by atoms with van der Waals surface area (Å²) in [5.74, 6) is 0.872. The molecule has 136 valence electrons. The predicted octanol–water partition coefficient (Wildman–Crippen LogP) is 5.47. The minimum absolute atomic E-state index is 0.589. The van der Waals surface area contributed by atoms with E-state index in [9.17, 15) is 4.79 Å². The van der Waals surface area contributed by atoms with Gasteiger partial charge in [-0.2, -0.15) is 0 Å². The summed E-state index contributed by atoms with van der Waals surface area (Å²) in [6.07, 6.45) is 6.03. The maximum atomic E-state index is 10.6. The molecule has 0 aliphatic rings. The molecule has 2 aromatic heterocycles. The Morgan fingerprint density at radius 3 is 2.81 bits per heavy atom. The number of fused-ring (bicyclic) bond motifs is 2. The zero-order chi connectivity index (χ0) is 18.6. The molecule has 0 radical (unpaired) electrons. The second-order valence-corrected chi connectivity index (χ2v) is 8.17.